The predicted molar refractivity (Wildman–Crippen MR) is 87.6 cm³/mol. The largest absolute Gasteiger partial charge is 0.479 e. The maximum absolute atomic E-state index is 11.3. The summed E-state index contributed by atoms with van der Waals surface area (Å²) in [7, 11) is 0. The fourth-order valence-corrected chi connectivity index (χ4v) is 7.11. The van der Waals surface area contributed by atoms with Crippen LogP contribution in [0, 0.1) is 16.7 Å². The molecule has 4 aliphatic carbocycles. The zero-order valence-electron chi connectivity index (χ0n) is 14.8. The van der Waals surface area contributed by atoms with Gasteiger partial charge in [-0.05, 0) is 55.3 Å². The van der Waals surface area contributed by atoms with E-state index in [1.165, 1.54) is 19.3 Å². The first-order valence-electron chi connectivity index (χ1n) is 9.24. The van der Waals surface area contributed by atoms with Gasteiger partial charge in [0.25, 0.3) is 0 Å². The van der Waals surface area contributed by atoms with Crippen molar-refractivity contribution in [3.8, 4) is 0 Å². The van der Waals surface area contributed by atoms with E-state index in [-0.39, 0.29) is 16.4 Å². The van der Waals surface area contributed by atoms with E-state index in [0.29, 0.717) is 5.92 Å². The van der Waals surface area contributed by atoms with E-state index in [4.69, 9.17) is 4.74 Å². The third-order valence-electron chi connectivity index (χ3n) is 6.93. The second kappa shape index (κ2) is 5.39. The first-order chi connectivity index (χ1) is 11.5. The Balaban J connectivity index is 1.58. The number of hydrogen-bond donors (Lipinski definition) is 5. The van der Waals surface area contributed by atoms with Gasteiger partial charge in [-0.1, -0.05) is 13.8 Å². The SMILES string of the molecule is CC12CC3CC(C)(C1)CC(NC1OC(C(=O)O)C(O)C(O)C1O)(C3)C2. The van der Waals surface area contributed by atoms with Crippen molar-refractivity contribution in [1.29, 1.82) is 0 Å². The van der Waals surface area contributed by atoms with Gasteiger partial charge in [0.15, 0.2) is 6.10 Å². The van der Waals surface area contributed by atoms with E-state index in [2.05, 4.69) is 19.2 Å². The van der Waals surface area contributed by atoms with Gasteiger partial charge in [0, 0.05) is 5.54 Å². The number of aliphatic hydroxyl groups excluding tert-OH is 3. The average Bonchev–Trinajstić information content (AvgIpc) is 2.43. The fourth-order valence-electron chi connectivity index (χ4n) is 7.11. The van der Waals surface area contributed by atoms with Crippen molar-refractivity contribution < 1.29 is 30.0 Å². The first kappa shape index (κ1) is 17.7. The topological polar surface area (TPSA) is 119 Å². The molecule has 142 valence electrons. The van der Waals surface area contributed by atoms with E-state index in [9.17, 15) is 25.2 Å². The molecule has 0 aromatic heterocycles. The Morgan fingerprint density at radius 1 is 0.960 bits per heavy atom. The average molecular weight is 355 g/mol. The number of carbonyl (C=O) groups is 1. The van der Waals surface area contributed by atoms with E-state index in [0.717, 1.165) is 19.3 Å². The highest BCUT2D eigenvalue weighted by Crippen LogP contribution is 2.66. The van der Waals surface area contributed by atoms with Crippen molar-refractivity contribution in [3.63, 3.8) is 0 Å². The van der Waals surface area contributed by atoms with E-state index >= 15 is 0 Å². The zero-order valence-corrected chi connectivity index (χ0v) is 14.8. The van der Waals surface area contributed by atoms with Gasteiger partial charge in [-0.15, -0.1) is 0 Å². The van der Waals surface area contributed by atoms with Gasteiger partial charge in [-0.3, -0.25) is 5.32 Å². The number of rotatable bonds is 3. The van der Waals surface area contributed by atoms with Crippen LogP contribution in [-0.4, -0.2) is 62.6 Å². The molecule has 1 saturated heterocycles. The Morgan fingerprint density at radius 2 is 1.56 bits per heavy atom. The quantitative estimate of drug-likeness (QED) is 0.491. The van der Waals surface area contributed by atoms with Gasteiger partial charge < -0.3 is 25.2 Å². The second-order valence-electron chi connectivity index (χ2n) is 9.84. The van der Waals surface area contributed by atoms with E-state index in [1.54, 1.807) is 0 Å². The molecular formula is C18H29NO6. The molecule has 4 bridgehead atoms. The molecule has 25 heavy (non-hydrogen) atoms. The minimum atomic E-state index is -1.64. The third-order valence-corrected chi connectivity index (χ3v) is 6.93. The number of nitrogens with one attached hydrogen (secondary N) is 1. The molecule has 0 aromatic carbocycles. The van der Waals surface area contributed by atoms with Crippen LogP contribution in [0.5, 0.6) is 0 Å². The van der Waals surface area contributed by atoms with Crippen molar-refractivity contribution in [2.24, 2.45) is 16.7 Å². The summed E-state index contributed by atoms with van der Waals surface area (Å²) < 4.78 is 5.48. The maximum atomic E-state index is 11.3. The lowest BCUT2D eigenvalue weighted by molar-refractivity contribution is -0.245. The van der Waals surface area contributed by atoms with Crippen molar-refractivity contribution in [2.45, 2.75) is 88.6 Å². The standard InChI is InChI=1S/C18H29NO6/c1-16-3-9-4-17(2,6-16)8-18(5-9,7-16)19-14-12(22)10(20)11(21)13(25-14)15(23)24/h9-14,19-22H,3-8H2,1-2H3,(H,23,24). The molecule has 0 radical (unpaired) electrons. The van der Waals surface area contributed by atoms with Gasteiger partial charge in [-0.25, -0.2) is 4.79 Å². The maximum Gasteiger partial charge on any atom is 0.335 e. The van der Waals surface area contributed by atoms with Crippen molar-refractivity contribution >= 4 is 5.97 Å². The number of hydrogen-bond acceptors (Lipinski definition) is 6. The second-order valence-corrected chi connectivity index (χ2v) is 9.84. The molecule has 0 spiro atoms. The molecule has 7 nitrogen and oxygen atoms in total. The lowest BCUT2D eigenvalue weighted by Gasteiger charge is -2.66. The Labute approximate surface area is 147 Å². The molecule has 7 unspecified atom stereocenters. The normalized spacial score (nSPS) is 57.6. The summed E-state index contributed by atoms with van der Waals surface area (Å²) in [6.07, 6.45) is -0.529. The number of ether oxygens (including phenoxy) is 1. The molecule has 4 saturated carbocycles. The number of carboxylic acid groups (broad SMARTS) is 1. The van der Waals surface area contributed by atoms with Gasteiger partial charge in [0.05, 0.1) is 0 Å². The molecule has 5 rings (SSSR count). The summed E-state index contributed by atoms with van der Waals surface area (Å²) in [5, 5.41) is 42.9. The van der Waals surface area contributed by atoms with Crippen LogP contribution >= 0.6 is 0 Å². The van der Waals surface area contributed by atoms with E-state index in [1.807, 2.05) is 0 Å². The van der Waals surface area contributed by atoms with Gasteiger partial charge >= 0.3 is 5.97 Å². The van der Waals surface area contributed by atoms with Crippen LogP contribution in [0.25, 0.3) is 0 Å². The molecule has 0 aromatic rings. The van der Waals surface area contributed by atoms with Crippen LogP contribution in [0.1, 0.15) is 52.4 Å². The molecule has 0 amide bonds. The van der Waals surface area contributed by atoms with Gasteiger partial charge in [0.2, 0.25) is 0 Å². The molecule has 5 aliphatic rings. The van der Waals surface area contributed by atoms with Crippen molar-refractivity contribution in [1.82, 2.24) is 5.32 Å². The molecule has 7 heteroatoms. The predicted octanol–water partition coefficient (Wildman–Crippen LogP) is 0.217. The molecule has 7 atom stereocenters. The van der Waals surface area contributed by atoms with Crippen molar-refractivity contribution in [3.05, 3.63) is 0 Å². The smallest absolute Gasteiger partial charge is 0.335 e. The third kappa shape index (κ3) is 2.80. The summed E-state index contributed by atoms with van der Waals surface area (Å²) in [5.74, 6) is -0.708. The molecular weight excluding hydrogens is 326 g/mol. The monoisotopic (exact) mass is 355 g/mol. The fraction of sp³-hybridized carbons (Fsp3) is 0.944. The van der Waals surface area contributed by atoms with E-state index < -0.39 is 36.6 Å². The number of aliphatic hydroxyl groups is 3. The van der Waals surface area contributed by atoms with Crippen LogP contribution in [0.3, 0.4) is 0 Å². The summed E-state index contributed by atoms with van der Waals surface area (Å²) in [4.78, 5) is 11.3. The molecule has 5 fully saturated rings. The van der Waals surface area contributed by atoms with Gasteiger partial charge in [0.1, 0.15) is 24.5 Å². The minimum absolute atomic E-state index is 0.209. The van der Waals surface area contributed by atoms with Crippen LogP contribution in [-0.2, 0) is 9.53 Å². The van der Waals surface area contributed by atoms with Crippen LogP contribution in [0.4, 0.5) is 0 Å². The van der Waals surface area contributed by atoms with Crippen LogP contribution in [0.15, 0.2) is 0 Å². The first-order valence-corrected chi connectivity index (χ1v) is 9.24. The number of carboxylic acids is 1. The molecule has 1 heterocycles. The summed E-state index contributed by atoms with van der Waals surface area (Å²) in [6, 6.07) is 0. The Hall–Kier alpha value is -0.730. The van der Waals surface area contributed by atoms with Crippen LogP contribution in [0.2, 0.25) is 0 Å². The lowest BCUT2D eigenvalue weighted by atomic mass is 9.42. The lowest BCUT2D eigenvalue weighted by Crippen LogP contribution is -2.71. The molecule has 1 aliphatic heterocycles. The zero-order chi connectivity index (χ0) is 18.2. The highest BCUT2D eigenvalue weighted by Gasteiger charge is 2.61. The Morgan fingerprint density at radius 3 is 2.08 bits per heavy atom. The van der Waals surface area contributed by atoms with Crippen LogP contribution < -0.4 is 5.32 Å². The van der Waals surface area contributed by atoms with Crippen molar-refractivity contribution in [2.75, 3.05) is 0 Å². The summed E-state index contributed by atoms with van der Waals surface area (Å²) in [5.41, 5.74) is 0.301. The van der Waals surface area contributed by atoms with Gasteiger partial charge in [-0.2, -0.15) is 0 Å². The Bertz CT molecular complexity index is 564. The summed E-state index contributed by atoms with van der Waals surface area (Å²) in [6.45, 7) is 4.64. The molecule has 5 N–H and O–H groups in total. The summed E-state index contributed by atoms with van der Waals surface area (Å²) >= 11 is 0. The number of aliphatic carboxylic acids is 1. The highest BCUT2D eigenvalue weighted by molar-refractivity contribution is 5.73. The minimum Gasteiger partial charge on any atom is -0.479 e. The highest BCUT2D eigenvalue weighted by atomic mass is 16.6. The Kier molecular flexibility index (Phi) is 3.81.